The molecule has 0 aliphatic carbocycles. The maximum Gasteiger partial charge on any atom is 0.352 e. The molecule has 0 heterocycles. The van der Waals surface area contributed by atoms with Crippen molar-refractivity contribution in [2.75, 3.05) is 7.11 Å². The Kier molecular flexibility index (Phi) is 6.32. The molecule has 6 heteroatoms. The van der Waals surface area contributed by atoms with E-state index in [-0.39, 0.29) is 5.70 Å². The molecule has 146 valence electrons. The Morgan fingerprint density at radius 2 is 1.69 bits per heavy atom. The number of rotatable bonds is 6. The van der Waals surface area contributed by atoms with E-state index in [1.165, 1.54) is 13.2 Å². The van der Waals surface area contributed by atoms with Crippen LogP contribution < -0.4 is 10.1 Å². The molecule has 2 N–H and O–H groups in total. The van der Waals surface area contributed by atoms with Crippen molar-refractivity contribution >= 4 is 29.6 Å². The van der Waals surface area contributed by atoms with Gasteiger partial charge in [0, 0.05) is 21.7 Å². The van der Waals surface area contributed by atoms with Gasteiger partial charge in [-0.1, -0.05) is 54.1 Å². The van der Waals surface area contributed by atoms with Crippen LogP contribution >= 0.6 is 11.6 Å². The fourth-order valence-corrected chi connectivity index (χ4v) is 3.05. The standard InChI is InChI=1S/C23H18ClNO4/c1-29-21-12-11-16(18-9-5-6-10-19(18)24)13-17(21)14-20(23(27)28)25-22(26)15-7-3-2-4-8-15/h2-14H,1H3,(H,25,26)(H,27,28). The van der Waals surface area contributed by atoms with Crippen LogP contribution in [0.3, 0.4) is 0 Å². The summed E-state index contributed by atoms with van der Waals surface area (Å²) in [5, 5.41) is 12.6. The largest absolute Gasteiger partial charge is 0.496 e. The summed E-state index contributed by atoms with van der Waals surface area (Å²) < 4.78 is 5.35. The summed E-state index contributed by atoms with van der Waals surface area (Å²) in [5.74, 6) is -1.31. The third kappa shape index (κ3) is 4.83. The summed E-state index contributed by atoms with van der Waals surface area (Å²) in [6.07, 6.45) is 1.36. The molecule has 5 nitrogen and oxygen atoms in total. The Hall–Kier alpha value is -3.57. The molecule has 3 aromatic rings. The highest BCUT2D eigenvalue weighted by atomic mass is 35.5. The number of hydrogen-bond donors (Lipinski definition) is 2. The number of halogens is 1. The van der Waals surface area contributed by atoms with Crippen LogP contribution in [0.5, 0.6) is 5.75 Å². The van der Waals surface area contributed by atoms with Crippen molar-refractivity contribution < 1.29 is 19.4 Å². The smallest absolute Gasteiger partial charge is 0.352 e. The van der Waals surface area contributed by atoms with Gasteiger partial charge >= 0.3 is 5.97 Å². The van der Waals surface area contributed by atoms with Gasteiger partial charge < -0.3 is 15.2 Å². The molecule has 3 rings (SSSR count). The van der Waals surface area contributed by atoms with Crippen LogP contribution in [-0.4, -0.2) is 24.1 Å². The van der Waals surface area contributed by atoms with Gasteiger partial charge in [0.25, 0.3) is 5.91 Å². The van der Waals surface area contributed by atoms with Crippen molar-refractivity contribution in [1.29, 1.82) is 0 Å². The van der Waals surface area contributed by atoms with Gasteiger partial charge in [0.2, 0.25) is 0 Å². The first-order valence-corrected chi connectivity index (χ1v) is 9.11. The Morgan fingerprint density at radius 3 is 2.34 bits per heavy atom. The van der Waals surface area contributed by atoms with Crippen LogP contribution in [0.1, 0.15) is 15.9 Å². The van der Waals surface area contributed by atoms with Crippen LogP contribution in [-0.2, 0) is 4.79 Å². The van der Waals surface area contributed by atoms with E-state index in [9.17, 15) is 14.7 Å². The Bertz CT molecular complexity index is 1080. The summed E-state index contributed by atoms with van der Waals surface area (Å²) in [4.78, 5) is 24.1. The van der Waals surface area contributed by atoms with Crippen molar-refractivity contribution in [3.8, 4) is 16.9 Å². The molecule has 3 aromatic carbocycles. The van der Waals surface area contributed by atoms with Gasteiger partial charge in [0.05, 0.1) is 7.11 Å². The summed E-state index contributed by atoms with van der Waals surface area (Å²) in [6.45, 7) is 0. The van der Waals surface area contributed by atoms with E-state index in [1.54, 1.807) is 48.5 Å². The zero-order valence-corrected chi connectivity index (χ0v) is 16.3. The van der Waals surface area contributed by atoms with E-state index < -0.39 is 11.9 Å². The third-order valence-electron chi connectivity index (χ3n) is 4.23. The van der Waals surface area contributed by atoms with Crippen molar-refractivity contribution in [2.45, 2.75) is 0 Å². The highest BCUT2D eigenvalue weighted by Crippen LogP contribution is 2.32. The van der Waals surface area contributed by atoms with Gasteiger partial charge in [0.15, 0.2) is 0 Å². The molecule has 0 saturated carbocycles. The number of methoxy groups -OCH3 is 1. The zero-order valence-electron chi connectivity index (χ0n) is 15.6. The van der Waals surface area contributed by atoms with E-state index >= 15 is 0 Å². The maximum atomic E-state index is 12.4. The van der Waals surface area contributed by atoms with Crippen LogP contribution in [0.4, 0.5) is 0 Å². The molecule has 1 amide bonds. The Labute approximate surface area is 173 Å². The van der Waals surface area contributed by atoms with E-state index in [1.807, 2.05) is 24.3 Å². The van der Waals surface area contributed by atoms with Gasteiger partial charge in [-0.3, -0.25) is 4.79 Å². The fraction of sp³-hybridized carbons (Fsp3) is 0.0435. The number of amides is 1. The molecule has 29 heavy (non-hydrogen) atoms. The predicted molar refractivity (Wildman–Crippen MR) is 113 cm³/mol. The molecule has 0 unspecified atom stereocenters. The number of nitrogens with one attached hydrogen (secondary N) is 1. The minimum absolute atomic E-state index is 0.270. The number of hydrogen-bond acceptors (Lipinski definition) is 3. The summed E-state index contributed by atoms with van der Waals surface area (Å²) in [6, 6.07) is 21.1. The second kappa shape index (κ2) is 9.08. The van der Waals surface area contributed by atoms with Crippen molar-refractivity contribution in [1.82, 2.24) is 5.32 Å². The molecule has 0 fully saturated rings. The monoisotopic (exact) mass is 407 g/mol. The van der Waals surface area contributed by atoms with Gasteiger partial charge in [-0.15, -0.1) is 0 Å². The minimum Gasteiger partial charge on any atom is -0.496 e. The Balaban J connectivity index is 2.00. The average Bonchev–Trinajstić information content (AvgIpc) is 2.74. The maximum absolute atomic E-state index is 12.4. The average molecular weight is 408 g/mol. The lowest BCUT2D eigenvalue weighted by Gasteiger charge is -2.11. The molecule has 0 bridgehead atoms. The summed E-state index contributed by atoms with van der Waals surface area (Å²) in [7, 11) is 1.49. The molecule has 0 radical (unpaired) electrons. The molecule has 0 spiro atoms. The number of benzene rings is 3. The topological polar surface area (TPSA) is 75.6 Å². The molecule has 0 aromatic heterocycles. The number of carboxylic acids is 1. The molecular weight excluding hydrogens is 390 g/mol. The third-order valence-corrected chi connectivity index (χ3v) is 4.56. The molecule has 0 saturated heterocycles. The number of carbonyl (C=O) groups excluding carboxylic acids is 1. The molecular formula is C23H18ClNO4. The number of aliphatic carboxylic acids is 1. The quantitative estimate of drug-likeness (QED) is 0.571. The lowest BCUT2D eigenvalue weighted by Crippen LogP contribution is -2.27. The highest BCUT2D eigenvalue weighted by Gasteiger charge is 2.15. The molecule has 0 atom stereocenters. The van der Waals surface area contributed by atoms with E-state index in [2.05, 4.69) is 5.32 Å². The number of carboxylic acid groups (broad SMARTS) is 1. The minimum atomic E-state index is -1.26. The van der Waals surface area contributed by atoms with Gasteiger partial charge in [-0.25, -0.2) is 4.79 Å². The van der Waals surface area contributed by atoms with Gasteiger partial charge in [-0.05, 0) is 42.0 Å². The van der Waals surface area contributed by atoms with Crippen LogP contribution in [0.15, 0.2) is 78.5 Å². The van der Waals surface area contributed by atoms with Crippen LogP contribution in [0.2, 0.25) is 5.02 Å². The molecule has 0 aliphatic rings. The second-order valence-corrected chi connectivity index (χ2v) is 6.53. The predicted octanol–water partition coefficient (Wildman–Crippen LogP) is 4.87. The van der Waals surface area contributed by atoms with E-state index in [0.717, 1.165) is 11.1 Å². The van der Waals surface area contributed by atoms with Crippen LogP contribution in [0.25, 0.3) is 17.2 Å². The summed E-state index contributed by atoms with van der Waals surface area (Å²) >= 11 is 6.28. The first-order valence-electron chi connectivity index (χ1n) is 8.74. The van der Waals surface area contributed by atoms with Crippen molar-refractivity contribution in [2.24, 2.45) is 0 Å². The SMILES string of the molecule is COc1ccc(-c2ccccc2Cl)cc1C=C(NC(=O)c1ccccc1)C(=O)O. The number of carbonyl (C=O) groups is 2. The van der Waals surface area contributed by atoms with E-state index in [0.29, 0.717) is 21.9 Å². The first kappa shape index (κ1) is 20.2. The molecule has 0 aliphatic heterocycles. The van der Waals surface area contributed by atoms with Gasteiger partial charge in [-0.2, -0.15) is 0 Å². The lowest BCUT2D eigenvalue weighted by atomic mass is 10.0. The summed E-state index contributed by atoms with van der Waals surface area (Å²) in [5.41, 5.74) is 2.18. The van der Waals surface area contributed by atoms with Gasteiger partial charge in [0.1, 0.15) is 11.4 Å². The lowest BCUT2D eigenvalue weighted by molar-refractivity contribution is -0.132. The highest BCUT2D eigenvalue weighted by molar-refractivity contribution is 6.33. The van der Waals surface area contributed by atoms with Crippen molar-refractivity contribution in [3.05, 3.63) is 94.6 Å². The van der Waals surface area contributed by atoms with E-state index in [4.69, 9.17) is 16.3 Å². The van der Waals surface area contributed by atoms with Crippen molar-refractivity contribution in [3.63, 3.8) is 0 Å². The normalized spacial score (nSPS) is 11.0. The van der Waals surface area contributed by atoms with Crippen LogP contribution in [0, 0.1) is 0 Å². The first-order chi connectivity index (χ1) is 14.0. The zero-order chi connectivity index (χ0) is 20.8. The fourth-order valence-electron chi connectivity index (χ4n) is 2.80. The Morgan fingerprint density at radius 1 is 1.00 bits per heavy atom. The second-order valence-electron chi connectivity index (χ2n) is 6.12. The number of ether oxygens (including phenoxy) is 1.